The summed E-state index contributed by atoms with van der Waals surface area (Å²) in [5.41, 5.74) is 3.10. The fourth-order valence-corrected chi connectivity index (χ4v) is 2.90. The molecule has 0 spiro atoms. The van der Waals surface area contributed by atoms with Gasteiger partial charge in [-0.2, -0.15) is 5.10 Å². The third-order valence-electron chi connectivity index (χ3n) is 4.67. The van der Waals surface area contributed by atoms with E-state index < -0.39 is 0 Å². The van der Waals surface area contributed by atoms with Crippen molar-refractivity contribution in [2.45, 2.75) is 26.5 Å². The number of furan rings is 1. The van der Waals surface area contributed by atoms with E-state index in [1.54, 1.807) is 35.0 Å². The van der Waals surface area contributed by atoms with Crippen LogP contribution < -0.4 is 4.74 Å². The number of hydrogen-bond donors (Lipinski definition) is 0. The third-order valence-corrected chi connectivity index (χ3v) is 4.67. The molecule has 0 saturated carbocycles. The van der Waals surface area contributed by atoms with Crippen molar-refractivity contribution in [3.8, 4) is 5.75 Å². The van der Waals surface area contributed by atoms with Crippen LogP contribution in [-0.4, -0.2) is 27.6 Å². The summed E-state index contributed by atoms with van der Waals surface area (Å²) in [5.74, 6) is 1.50. The Hall–Kier alpha value is -3.28. The predicted octanol–water partition coefficient (Wildman–Crippen LogP) is 3.90. The lowest BCUT2D eigenvalue weighted by molar-refractivity contribution is 0.0749. The molecule has 0 N–H and O–H groups in total. The van der Waals surface area contributed by atoms with Gasteiger partial charge in [0.2, 0.25) is 0 Å². The Kier molecular flexibility index (Phi) is 5.99. The van der Waals surface area contributed by atoms with Gasteiger partial charge in [0.1, 0.15) is 18.1 Å². The molecule has 2 aromatic heterocycles. The molecule has 0 aliphatic rings. The Morgan fingerprint density at radius 2 is 2.07 bits per heavy atom. The molecule has 3 rings (SSSR count). The lowest BCUT2D eigenvalue weighted by Gasteiger charge is -2.15. The van der Waals surface area contributed by atoms with Crippen LogP contribution in [0.1, 0.15) is 33.1 Å². The van der Waals surface area contributed by atoms with Crippen molar-refractivity contribution in [1.82, 2.24) is 14.7 Å². The minimum Gasteiger partial charge on any atom is -0.485 e. The molecule has 28 heavy (non-hydrogen) atoms. The molecule has 0 atom stereocenters. The van der Waals surface area contributed by atoms with Crippen molar-refractivity contribution < 1.29 is 13.9 Å². The lowest BCUT2D eigenvalue weighted by Crippen LogP contribution is -2.26. The van der Waals surface area contributed by atoms with Gasteiger partial charge in [-0.15, -0.1) is 6.58 Å². The number of ether oxygens (including phenoxy) is 1. The molecule has 0 saturated heterocycles. The van der Waals surface area contributed by atoms with Gasteiger partial charge in [0.05, 0.1) is 6.20 Å². The SMILES string of the molecule is C=CCc1ccccc1OCc1ccc(C(=O)N(C)Cc2cnn(C)c2C)o1. The van der Waals surface area contributed by atoms with Crippen molar-refractivity contribution in [3.63, 3.8) is 0 Å². The van der Waals surface area contributed by atoms with E-state index >= 15 is 0 Å². The molecule has 0 fully saturated rings. The quantitative estimate of drug-likeness (QED) is 0.557. The number of nitrogens with zero attached hydrogens (tertiary/aromatic N) is 3. The van der Waals surface area contributed by atoms with Crippen molar-refractivity contribution in [3.05, 3.63) is 83.6 Å². The first-order chi connectivity index (χ1) is 13.5. The summed E-state index contributed by atoms with van der Waals surface area (Å²) in [7, 11) is 3.63. The highest BCUT2D eigenvalue weighted by atomic mass is 16.5. The molecule has 6 heteroatoms. The van der Waals surface area contributed by atoms with Crippen LogP contribution in [0.25, 0.3) is 0 Å². The van der Waals surface area contributed by atoms with E-state index in [1.807, 2.05) is 44.3 Å². The minimum absolute atomic E-state index is 0.179. The van der Waals surface area contributed by atoms with Gasteiger partial charge in [0.25, 0.3) is 5.91 Å². The molecule has 0 radical (unpaired) electrons. The van der Waals surface area contributed by atoms with E-state index in [4.69, 9.17) is 9.15 Å². The molecule has 6 nitrogen and oxygen atoms in total. The molecule has 0 aliphatic heterocycles. The zero-order valence-corrected chi connectivity index (χ0v) is 16.5. The van der Waals surface area contributed by atoms with Gasteiger partial charge < -0.3 is 14.1 Å². The number of benzene rings is 1. The van der Waals surface area contributed by atoms with Crippen molar-refractivity contribution in [2.24, 2.45) is 7.05 Å². The number of allylic oxidation sites excluding steroid dienone is 1. The summed E-state index contributed by atoms with van der Waals surface area (Å²) in [5, 5.41) is 4.21. The molecular formula is C22H25N3O3. The Morgan fingerprint density at radius 1 is 1.29 bits per heavy atom. The Morgan fingerprint density at radius 3 is 2.79 bits per heavy atom. The number of aromatic nitrogens is 2. The maximum Gasteiger partial charge on any atom is 0.289 e. The van der Waals surface area contributed by atoms with Crippen LogP contribution in [0.5, 0.6) is 5.75 Å². The van der Waals surface area contributed by atoms with E-state index in [0.29, 0.717) is 18.1 Å². The predicted molar refractivity (Wildman–Crippen MR) is 107 cm³/mol. The lowest BCUT2D eigenvalue weighted by atomic mass is 10.1. The highest BCUT2D eigenvalue weighted by molar-refractivity contribution is 5.91. The van der Waals surface area contributed by atoms with Crippen LogP contribution in [-0.2, 0) is 26.6 Å². The summed E-state index contributed by atoms with van der Waals surface area (Å²) in [4.78, 5) is 14.3. The van der Waals surface area contributed by atoms with E-state index in [2.05, 4.69) is 11.7 Å². The number of rotatable bonds is 8. The van der Waals surface area contributed by atoms with Crippen LogP contribution in [0.3, 0.4) is 0 Å². The summed E-state index contributed by atoms with van der Waals surface area (Å²) < 4.78 is 13.4. The molecule has 0 aliphatic carbocycles. The zero-order valence-electron chi connectivity index (χ0n) is 16.5. The van der Waals surface area contributed by atoms with Gasteiger partial charge in [0.15, 0.2) is 5.76 Å². The second-order valence-electron chi connectivity index (χ2n) is 6.70. The highest BCUT2D eigenvalue weighted by Gasteiger charge is 2.18. The number of amides is 1. The van der Waals surface area contributed by atoms with Gasteiger partial charge in [-0.25, -0.2) is 0 Å². The Labute approximate surface area is 165 Å². The van der Waals surface area contributed by atoms with Crippen LogP contribution >= 0.6 is 0 Å². The average Bonchev–Trinajstić information content (AvgIpc) is 3.29. The minimum atomic E-state index is -0.179. The molecule has 0 unspecified atom stereocenters. The fraction of sp³-hybridized carbons (Fsp3) is 0.273. The third kappa shape index (κ3) is 4.34. The van der Waals surface area contributed by atoms with Crippen molar-refractivity contribution in [1.29, 1.82) is 0 Å². The summed E-state index contributed by atoms with van der Waals surface area (Å²) in [6.45, 7) is 6.48. The number of carbonyl (C=O) groups excluding carboxylic acids is 1. The normalized spacial score (nSPS) is 10.7. The maximum absolute atomic E-state index is 12.6. The van der Waals surface area contributed by atoms with E-state index in [1.165, 1.54) is 0 Å². The van der Waals surface area contributed by atoms with Gasteiger partial charge >= 0.3 is 0 Å². The van der Waals surface area contributed by atoms with Gasteiger partial charge in [-0.1, -0.05) is 24.3 Å². The smallest absolute Gasteiger partial charge is 0.289 e. The van der Waals surface area contributed by atoms with E-state index in [-0.39, 0.29) is 12.5 Å². The summed E-state index contributed by atoms with van der Waals surface area (Å²) >= 11 is 0. The second-order valence-corrected chi connectivity index (χ2v) is 6.70. The number of hydrogen-bond acceptors (Lipinski definition) is 4. The maximum atomic E-state index is 12.6. The van der Waals surface area contributed by atoms with Crippen molar-refractivity contribution >= 4 is 5.91 Å². The van der Waals surface area contributed by atoms with Crippen LogP contribution in [0.2, 0.25) is 0 Å². The van der Waals surface area contributed by atoms with Crippen LogP contribution in [0, 0.1) is 6.92 Å². The van der Waals surface area contributed by atoms with Gasteiger partial charge in [0, 0.05) is 31.9 Å². The number of carbonyl (C=O) groups is 1. The average molecular weight is 379 g/mol. The first-order valence-electron chi connectivity index (χ1n) is 9.13. The van der Waals surface area contributed by atoms with Crippen molar-refractivity contribution in [2.75, 3.05) is 7.05 Å². The molecular weight excluding hydrogens is 354 g/mol. The highest BCUT2D eigenvalue weighted by Crippen LogP contribution is 2.21. The first kappa shape index (κ1) is 19.5. The van der Waals surface area contributed by atoms with Crippen LogP contribution in [0.15, 0.2) is 59.7 Å². The second kappa shape index (κ2) is 8.61. The molecule has 146 valence electrons. The standard InChI is InChI=1S/C22H25N3O3/c1-5-8-17-9-6-7-10-20(17)27-15-19-11-12-21(28-19)22(26)24(3)14-18-13-23-25(4)16(18)2/h5-7,9-13H,1,8,14-15H2,2-4H3. The van der Waals surface area contributed by atoms with Gasteiger partial charge in [-0.05, 0) is 37.1 Å². The molecule has 0 bridgehead atoms. The Bertz CT molecular complexity index is 971. The molecule has 2 heterocycles. The fourth-order valence-electron chi connectivity index (χ4n) is 2.90. The summed E-state index contributed by atoms with van der Waals surface area (Å²) in [6.07, 6.45) is 4.35. The monoisotopic (exact) mass is 379 g/mol. The molecule has 1 aromatic carbocycles. The number of para-hydroxylation sites is 1. The largest absolute Gasteiger partial charge is 0.485 e. The van der Waals surface area contributed by atoms with E-state index in [0.717, 1.165) is 29.0 Å². The number of aryl methyl sites for hydroxylation is 1. The zero-order chi connectivity index (χ0) is 20.1. The topological polar surface area (TPSA) is 60.5 Å². The molecule has 1 amide bonds. The van der Waals surface area contributed by atoms with E-state index in [9.17, 15) is 4.79 Å². The molecule has 3 aromatic rings. The summed E-state index contributed by atoms with van der Waals surface area (Å²) in [6, 6.07) is 11.3. The van der Waals surface area contributed by atoms with Gasteiger partial charge in [-0.3, -0.25) is 9.48 Å². The Balaban J connectivity index is 1.62. The first-order valence-corrected chi connectivity index (χ1v) is 9.13. The van der Waals surface area contributed by atoms with Crippen LogP contribution in [0.4, 0.5) is 0 Å².